The summed E-state index contributed by atoms with van der Waals surface area (Å²) in [6, 6.07) is 1.58. The van der Waals surface area contributed by atoms with Crippen molar-refractivity contribution in [2.75, 3.05) is 0 Å². The minimum Gasteiger partial charge on any atom is -0.477 e. The average molecular weight is 204 g/mol. The Morgan fingerprint density at radius 2 is 2.33 bits per heavy atom. The van der Waals surface area contributed by atoms with Crippen molar-refractivity contribution in [1.82, 2.24) is 19.6 Å². The second-order valence-electron chi connectivity index (χ2n) is 3.62. The minimum absolute atomic E-state index is 0.124. The van der Waals surface area contributed by atoms with Gasteiger partial charge in [0.1, 0.15) is 6.33 Å². The highest BCUT2D eigenvalue weighted by molar-refractivity contribution is 5.86. The molecule has 2 aromatic heterocycles. The summed E-state index contributed by atoms with van der Waals surface area (Å²) in [5, 5.41) is 12.8. The van der Waals surface area contributed by atoms with Crippen molar-refractivity contribution >= 4 is 11.7 Å². The van der Waals surface area contributed by atoms with E-state index in [1.165, 1.54) is 10.8 Å². The third-order valence-corrected chi connectivity index (χ3v) is 2.49. The van der Waals surface area contributed by atoms with Crippen LogP contribution >= 0.6 is 0 Å². The fourth-order valence-corrected chi connectivity index (χ4v) is 1.57. The van der Waals surface area contributed by atoms with Crippen molar-refractivity contribution in [3.8, 4) is 0 Å². The minimum atomic E-state index is -1.00. The number of hydrogen-bond acceptors (Lipinski definition) is 4. The van der Waals surface area contributed by atoms with Gasteiger partial charge in [0, 0.05) is 11.6 Å². The number of carboxylic acid groups (broad SMARTS) is 1. The summed E-state index contributed by atoms with van der Waals surface area (Å²) in [7, 11) is 0. The number of carbonyl (C=O) groups is 1. The van der Waals surface area contributed by atoms with Gasteiger partial charge >= 0.3 is 5.97 Å². The molecule has 0 saturated heterocycles. The molecule has 6 heteroatoms. The maximum Gasteiger partial charge on any atom is 0.354 e. The highest BCUT2D eigenvalue weighted by Gasteiger charge is 2.27. The van der Waals surface area contributed by atoms with Crippen LogP contribution in [-0.4, -0.2) is 30.7 Å². The van der Waals surface area contributed by atoms with E-state index in [1.54, 1.807) is 6.07 Å². The first-order chi connectivity index (χ1) is 7.25. The van der Waals surface area contributed by atoms with Crippen molar-refractivity contribution in [3.05, 3.63) is 23.8 Å². The number of nitrogens with zero attached hydrogens (tertiary/aromatic N) is 4. The second kappa shape index (κ2) is 2.75. The normalized spacial score (nSPS) is 15.7. The Bertz CT molecular complexity index is 544. The summed E-state index contributed by atoms with van der Waals surface area (Å²) in [5.41, 5.74) is 0.937. The molecule has 2 aromatic rings. The van der Waals surface area contributed by atoms with Gasteiger partial charge in [0.25, 0.3) is 5.78 Å². The molecule has 0 amide bonds. The van der Waals surface area contributed by atoms with Crippen LogP contribution in [0.3, 0.4) is 0 Å². The van der Waals surface area contributed by atoms with Gasteiger partial charge in [-0.15, -0.1) is 0 Å². The first kappa shape index (κ1) is 8.34. The number of fused-ring (bicyclic) bond motifs is 1. The fraction of sp³-hybridized carbons (Fsp3) is 0.333. The third kappa shape index (κ3) is 1.25. The Morgan fingerprint density at radius 1 is 1.53 bits per heavy atom. The summed E-state index contributed by atoms with van der Waals surface area (Å²) < 4.78 is 1.24. The zero-order chi connectivity index (χ0) is 10.4. The molecule has 1 aliphatic carbocycles. The van der Waals surface area contributed by atoms with Crippen LogP contribution in [0.5, 0.6) is 0 Å². The lowest BCUT2D eigenvalue weighted by Crippen LogP contribution is -2.09. The molecule has 76 valence electrons. The summed E-state index contributed by atoms with van der Waals surface area (Å²) in [5.74, 6) is -0.239. The molecule has 0 aliphatic heterocycles. The molecular weight excluding hydrogens is 196 g/mol. The second-order valence-corrected chi connectivity index (χ2v) is 3.62. The van der Waals surface area contributed by atoms with Gasteiger partial charge in [0.05, 0.1) is 0 Å². The molecule has 1 N–H and O–H groups in total. The van der Waals surface area contributed by atoms with E-state index in [0.29, 0.717) is 11.7 Å². The predicted octanol–water partition coefficient (Wildman–Crippen LogP) is 0.700. The van der Waals surface area contributed by atoms with E-state index >= 15 is 0 Å². The Balaban J connectivity index is 2.28. The molecule has 0 atom stereocenters. The highest BCUT2D eigenvalue weighted by atomic mass is 16.4. The molecule has 1 aliphatic rings. The molecule has 2 heterocycles. The summed E-state index contributed by atoms with van der Waals surface area (Å²) in [6.07, 6.45) is 3.47. The highest BCUT2D eigenvalue weighted by Crippen LogP contribution is 2.39. The molecule has 15 heavy (non-hydrogen) atoms. The van der Waals surface area contributed by atoms with Crippen molar-refractivity contribution in [2.45, 2.75) is 18.8 Å². The van der Waals surface area contributed by atoms with E-state index in [0.717, 1.165) is 18.5 Å². The maximum atomic E-state index is 11.0. The van der Waals surface area contributed by atoms with Crippen molar-refractivity contribution in [2.24, 2.45) is 0 Å². The van der Waals surface area contributed by atoms with Crippen molar-refractivity contribution in [1.29, 1.82) is 0 Å². The van der Waals surface area contributed by atoms with E-state index in [4.69, 9.17) is 5.11 Å². The van der Waals surface area contributed by atoms with Gasteiger partial charge in [0.15, 0.2) is 5.69 Å². The standard InChI is InChI=1S/C9H8N4O2/c14-8(15)7-3-6(5-1-2-5)12-9-10-4-11-13(7)9/h3-5H,1-2H2,(H,14,15). The molecule has 0 aromatic carbocycles. The first-order valence-corrected chi connectivity index (χ1v) is 4.69. The lowest BCUT2D eigenvalue weighted by Gasteiger charge is -2.01. The number of carboxylic acids is 1. The molecule has 3 rings (SSSR count). The predicted molar refractivity (Wildman–Crippen MR) is 49.7 cm³/mol. The number of aromatic nitrogens is 4. The van der Waals surface area contributed by atoms with Crippen LogP contribution in [0, 0.1) is 0 Å². The van der Waals surface area contributed by atoms with Crippen LogP contribution in [0.15, 0.2) is 12.4 Å². The van der Waals surface area contributed by atoms with Gasteiger partial charge in [-0.1, -0.05) is 0 Å². The average Bonchev–Trinajstić information content (AvgIpc) is 2.95. The Kier molecular flexibility index (Phi) is 1.53. The van der Waals surface area contributed by atoms with Crippen LogP contribution in [0.25, 0.3) is 5.78 Å². The lowest BCUT2D eigenvalue weighted by molar-refractivity contribution is 0.0687. The first-order valence-electron chi connectivity index (χ1n) is 4.69. The lowest BCUT2D eigenvalue weighted by atomic mass is 10.2. The van der Waals surface area contributed by atoms with Gasteiger partial charge in [-0.2, -0.15) is 14.6 Å². The monoisotopic (exact) mass is 204 g/mol. The quantitative estimate of drug-likeness (QED) is 0.778. The van der Waals surface area contributed by atoms with Crippen molar-refractivity contribution in [3.63, 3.8) is 0 Å². The van der Waals surface area contributed by atoms with Crippen molar-refractivity contribution < 1.29 is 9.90 Å². The van der Waals surface area contributed by atoms with Crippen LogP contribution in [0.2, 0.25) is 0 Å². The van der Waals surface area contributed by atoms with E-state index in [-0.39, 0.29) is 5.69 Å². The molecule has 0 spiro atoms. The summed E-state index contributed by atoms with van der Waals surface area (Å²) >= 11 is 0. The number of aromatic carboxylic acids is 1. The van der Waals surface area contributed by atoms with Crippen LogP contribution < -0.4 is 0 Å². The van der Waals surface area contributed by atoms with Gasteiger partial charge in [-0.25, -0.2) is 9.78 Å². The largest absolute Gasteiger partial charge is 0.477 e. The number of hydrogen-bond donors (Lipinski definition) is 1. The molecule has 0 bridgehead atoms. The number of rotatable bonds is 2. The van der Waals surface area contributed by atoms with E-state index in [2.05, 4.69) is 15.1 Å². The Labute approximate surface area is 84.6 Å². The molecule has 1 saturated carbocycles. The van der Waals surface area contributed by atoms with E-state index in [9.17, 15) is 4.79 Å². The SMILES string of the molecule is O=C(O)c1cc(C2CC2)nc2ncnn12. The topological polar surface area (TPSA) is 80.4 Å². The van der Waals surface area contributed by atoms with Crippen LogP contribution in [-0.2, 0) is 0 Å². The molecule has 6 nitrogen and oxygen atoms in total. The zero-order valence-corrected chi connectivity index (χ0v) is 7.79. The zero-order valence-electron chi connectivity index (χ0n) is 7.79. The van der Waals surface area contributed by atoms with E-state index in [1.807, 2.05) is 0 Å². The summed E-state index contributed by atoms with van der Waals surface area (Å²) in [6.45, 7) is 0. The Hall–Kier alpha value is -1.98. The maximum absolute atomic E-state index is 11.0. The van der Waals surface area contributed by atoms with Gasteiger partial charge < -0.3 is 5.11 Å². The smallest absolute Gasteiger partial charge is 0.354 e. The van der Waals surface area contributed by atoms with Gasteiger partial charge in [0.2, 0.25) is 0 Å². The fourth-order valence-electron chi connectivity index (χ4n) is 1.57. The molecular formula is C9H8N4O2. The molecule has 0 unspecified atom stereocenters. The summed E-state index contributed by atoms with van der Waals surface area (Å²) in [4.78, 5) is 19.2. The van der Waals surface area contributed by atoms with Gasteiger partial charge in [-0.3, -0.25) is 0 Å². The molecule has 0 radical (unpaired) electrons. The third-order valence-electron chi connectivity index (χ3n) is 2.49. The van der Waals surface area contributed by atoms with Crippen LogP contribution in [0.4, 0.5) is 0 Å². The molecule has 1 fully saturated rings. The van der Waals surface area contributed by atoms with Crippen LogP contribution in [0.1, 0.15) is 34.9 Å². The van der Waals surface area contributed by atoms with E-state index < -0.39 is 5.97 Å². The van der Waals surface area contributed by atoms with Gasteiger partial charge in [-0.05, 0) is 18.9 Å². The Morgan fingerprint density at radius 3 is 3.00 bits per heavy atom.